The SMILES string of the molecule is CCNC(=O)C(C(C)O)C(Nc1nc2c(CO)cccc2[nH]1)c1cccc(C(F)(F)F)c1. The summed E-state index contributed by atoms with van der Waals surface area (Å²) in [5, 5.41) is 25.5. The maximum absolute atomic E-state index is 13.3. The molecule has 0 aliphatic rings. The van der Waals surface area contributed by atoms with Gasteiger partial charge in [0, 0.05) is 12.1 Å². The first-order valence-corrected chi connectivity index (χ1v) is 10.1. The maximum atomic E-state index is 13.3. The van der Waals surface area contributed by atoms with E-state index < -0.39 is 35.7 Å². The van der Waals surface area contributed by atoms with Crippen LogP contribution >= 0.6 is 0 Å². The molecule has 0 fully saturated rings. The van der Waals surface area contributed by atoms with E-state index in [1.165, 1.54) is 19.1 Å². The monoisotopic (exact) mass is 450 g/mol. The van der Waals surface area contributed by atoms with Gasteiger partial charge in [0.2, 0.25) is 11.9 Å². The Bertz CT molecular complexity index is 1080. The number of rotatable bonds is 8. The molecule has 7 nitrogen and oxygen atoms in total. The van der Waals surface area contributed by atoms with Gasteiger partial charge in [0.1, 0.15) is 0 Å². The quantitative estimate of drug-likeness (QED) is 0.362. The van der Waals surface area contributed by atoms with E-state index in [2.05, 4.69) is 20.6 Å². The van der Waals surface area contributed by atoms with Crippen LogP contribution in [0.4, 0.5) is 19.1 Å². The van der Waals surface area contributed by atoms with Gasteiger partial charge in [0.15, 0.2) is 0 Å². The molecule has 0 saturated carbocycles. The smallest absolute Gasteiger partial charge is 0.392 e. The number of aliphatic hydroxyl groups excluding tert-OH is 2. The normalized spacial score (nSPS) is 14.7. The minimum absolute atomic E-state index is 0.166. The Hall–Kier alpha value is -3.11. The first-order chi connectivity index (χ1) is 15.2. The largest absolute Gasteiger partial charge is 0.416 e. The number of carbonyl (C=O) groups is 1. The summed E-state index contributed by atoms with van der Waals surface area (Å²) in [5.41, 5.74) is 0.965. The summed E-state index contributed by atoms with van der Waals surface area (Å²) in [6.07, 6.45) is -5.74. The number of alkyl halides is 3. The van der Waals surface area contributed by atoms with Gasteiger partial charge in [0.25, 0.3) is 0 Å². The van der Waals surface area contributed by atoms with E-state index in [1.807, 2.05) is 0 Å². The standard InChI is InChI=1S/C22H25F3N4O3/c1-3-26-20(32)17(12(2)31)19(13-6-4-8-15(10-13)22(23,24)25)29-21-27-16-9-5-7-14(11-30)18(16)28-21/h4-10,12,17,19,30-31H,3,11H2,1-2H3,(H,26,32)(H2,27,28,29). The van der Waals surface area contributed by atoms with Crippen LogP contribution in [0.3, 0.4) is 0 Å². The number of hydrogen-bond acceptors (Lipinski definition) is 5. The summed E-state index contributed by atoms with van der Waals surface area (Å²) in [4.78, 5) is 20.2. The average molecular weight is 450 g/mol. The number of halogens is 3. The first kappa shape index (κ1) is 23.6. The Kier molecular flexibility index (Phi) is 7.05. The van der Waals surface area contributed by atoms with Crippen molar-refractivity contribution in [2.45, 2.75) is 38.8 Å². The van der Waals surface area contributed by atoms with Gasteiger partial charge in [-0.1, -0.05) is 24.3 Å². The van der Waals surface area contributed by atoms with Gasteiger partial charge in [-0.25, -0.2) is 4.98 Å². The van der Waals surface area contributed by atoms with E-state index in [0.717, 1.165) is 12.1 Å². The lowest BCUT2D eigenvalue weighted by Crippen LogP contribution is -2.42. The number of fused-ring (bicyclic) bond motifs is 1. The van der Waals surface area contributed by atoms with Crippen molar-refractivity contribution in [3.05, 3.63) is 59.2 Å². The summed E-state index contributed by atoms with van der Waals surface area (Å²) in [6.45, 7) is 3.17. The molecule has 3 atom stereocenters. The first-order valence-electron chi connectivity index (χ1n) is 10.1. The molecule has 0 saturated heterocycles. The third-order valence-corrected chi connectivity index (χ3v) is 5.16. The van der Waals surface area contributed by atoms with Crippen molar-refractivity contribution in [3.8, 4) is 0 Å². The van der Waals surface area contributed by atoms with E-state index in [9.17, 15) is 28.2 Å². The molecular weight excluding hydrogens is 425 g/mol. The van der Waals surface area contributed by atoms with Crippen LogP contribution in [0, 0.1) is 5.92 Å². The Balaban J connectivity index is 2.09. The van der Waals surface area contributed by atoms with Crippen LogP contribution in [-0.2, 0) is 17.6 Å². The molecule has 3 unspecified atom stereocenters. The summed E-state index contributed by atoms with van der Waals surface area (Å²) < 4.78 is 40.0. The molecular formula is C22H25F3N4O3. The van der Waals surface area contributed by atoms with E-state index in [1.54, 1.807) is 25.1 Å². The number of hydrogen-bond donors (Lipinski definition) is 5. The zero-order chi connectivity index (χ0) is 23.5. The third-order valence-electron chi connectivity index (χ3n) is 5.16. The lowest BCUT2D eigenvalue weighted by atomic mass is 9.87. The highest BCUT2D eigenvalue weighted by Crippen LogP contribution is 2.35. The van der Waals surface area contributed by atoms with Gasteiger partial charge in [-0.3, -0.25) is 4.79 Å². The fourth-order valence-electron chi connectivity index (χ4n) is 3.66. The van der Waals surface area contributed by atoms with Gasteiger partial charge in [0.05, 0.1) is 41.3 Å². The second-order valence-corrected chi connectivity index (χ2v) is 7.46. The average Bonchev–Trinajstić information content (AvgIpc) is 3.15. The number of aromatic amines is 1. The highest BCUT2D eigenvalue weighted by molar-refractivity contribution is 5.82. The third kappa shape index (κ3) is 5.03. The molecule has 10 heteroatoms. The molecule has 172 valence electrons. The van der Waals surface area contributed by atoms with Crippen LogP contribution < -0.4 is 10.6 Å². The number of nitrogens with zero attached hydrogens (tertiary/aromatic N) is 1. The van der Waals surface area contributed by atoms with Crippen molar-refractivity contribution >= 4 is 22.9 Å². The molecule has 1 heterocycles. The number of H-pyrrole nitrogens is 1. The molecule has 32 heavy (non-hydrogen) atoms. The number of aromatic nitrogens is 2. The molecule has 5 N–H and O–H groups in total. The number of nitrogens with one attached hydrogen (secondary N) is 3. The molecule has 0 bridgehead atoms. The Morgan fingerprint density at radius 2 is 1.94 bits per heavy atom. The predicted octanol–water partition coefficient (Wildman–Crippen LogP) is 3.36. The Labute approximate surface area is 182 Å². The molecule has 3 aromatic rings. The molecule has 0 aliphatic carbocycles. The highest BCUT2D eigenvalue weighted by Gasteiger charge is 2.36. The van der Waals surface area contributed by atoms with Crippen molar-refractivity contribution < 1.29 is 28.2 Å². The van der Waals surface area contributed by atoms with Crippen molar-refractivity contribution in [1.82, 2.24) is 15.3 Å². The van der Waals surface area contributed by atoms with Gasteiger partial charge >= 0.3 is 6.18 Å². The van der Waals surface area contributed by atoms with E-state index >= 15 is 0 Å². The zero-order valence-corrected chi connectivity index (χ0v) is 17.6. The number of imidazole rings is 1. The molecule has 2 aromatic carbocycles. The van der Waals surface area contributed by atoms with Gasteiger partial charge in [-0.15, -0.1) is 0 Å². The van der Waals surface area contributed by atoms with Gasteiger partial charge in [-0.05, 0) is 37.6 Å². The minimum Gasteiger partial charge on any atom is -0.392 e. The van der Waals surface area contributed by atoms with Crippen LogP contribution in [0.1, 0.15) is 36.6 Å². The number of aliphatic hydroxyl groups is 2. The van der Waals surface area contributed by atoms with Crippen LogP contribution in [0.5, 0.6) is 0 Å². The van der Waals surface area contributed by atoms with Gasteiger partial charge in [-0.2, -0.15) is 13.2 Å². The lowest BCUT2D eigenvalue weighted by molar-refractivity contribution is -0.137. The second kappa shape index (κ2) is 9.58. The fraction of sp³-hybridized carbons (Fsp3) is 0.364. The van der Waals surface area contributed by atoms with Crippen molar-refractivity contribution in [3.63, 3.8) is 0 Å². The molecule has 0 spiro atoms. The van der Waals surface area contributed by atoms with Crippen LogP contribution in [0.25, 0.3) is 11.0 Å². The number of anilines is 1. The summed E-state index contributed by atoms with van der Waals surface area (Å²) in [6, 6.07) is 8.75. The summed E-state index contributed by atoms with van der Waals surface area (Å²) in [7, 11) is 0. The minimum atomic E-state index is -4.57. The zero-order valence-electron chi connectivity index (χ0n) is 17.6. The number of benzene rings is 2. The molecule has 3 rings (SSSR count). The van der Waals surface area contributed by atoms with Crippen molar-refractivity contribution in [2.75, 3.05) is 11.9 Å². The Morgan fingerprint density at radius 1 is 1.22 bits per heavy atom. The van der Waals surface area contributed by atoms with Crippen LogP contribution in [0.2, 0.25) is 0 Å². The number of para-hydroxylation sites is 1. The lowest BCUT2D eigenvalue weighted by Gasteiger charge is -2.30. The topological polar surface area (TPSA) is 110 Å². The van der Waals surface area contributed by atoms with Crippen molar-refractivity contribution in [2.24, 2.45) is 5.92 Å². The van der Waals surface area contributed by atoms with Crippen LogP contribution in [0.15, 0.2) is 42.5 Å². The van der Waals surface area contributed by atoms with E-state index in [4.69, 9.17) is 0 Å². The second-order valence-electron chi connectivity index (χ2n) is 7.46. The molecule has 0 radical (unpaired) electrons. The van der Waals surface area contributed by atoms with E-state index in [0.29, 0.717) is 23.1 Å². The molecule has 0 aliphatic heterocycles. The maximum Gasteiger partial charge on any atom is 0.416 e. The summed E-state index contributed by atoms with van der Waals surface area (Å²) in [5.74, 6) is -1.42. The highest BCUT2D eigenvalue weighted by atomic mass is 19.4. The van der Waals surface area contributed by atoms with E-state index in [-0.39, 0.29) is 18.1 Å². The summed E-state index contributed by atoms with van der Waals surface area (Å²) >= 11 is 0. The molecule has 1 amide bonds. The van der Waals surface area contributed by atoms with Gasteiger partial charge < -0.3 is 25.8 Å². The van der Waals surface area contributed by atoms with Crippen molar-refractivity contribution in [1.29, 1.82) is 0 Å². The molecule has 1 aromatic heterocycles. The number of carbonyl (C=O) groups excluding carboxylic acids is 1. The fourth-order valence-corrected chi connectivity index (χ4v) is 3.66. The van der Waals surface area contributed by atoms with Crippen LogP contribution in [-0.4, -0.2) is 38.7 Å². The Morgan fingerprint density at radius 3 is 2.56 bits per heavy atom. The number of amides is 1. The predicted molar refractivity (Wildman–Crippen MR) is 114 cm³/mol.